The lowest BCUT2D eigenvalue weighted by atomic mass is 9.90. The maximum atomic E-state index is 13.6. The number of nitrogens with zero attached hydrogens (tertiary/aromatic N) is 1. The van der Waals surface area contributed by atoms with E-state index in [1.165, 1.54) is 11.1 Å². The number of hydrogen-bond acceptors (Lipinski definition) is 2. The smallest absolute Gasteiger partial charge is 0.271 e. The number of amides is 1. The van der Waals surface area contributed by atoms with E-state index in [-0.39, 0.29) is 5.91 Å². The minimum Gasteiger partial charge on any atom is -0.350 e. The number of fused-ring (bicyclic) bond motifs is 1. The molecule has 1 aliphatic rings. The summed E-state index contributed by atoms with van der Waals surface area (Å²) in [5.74, 6) is 0.725. The van der Waals surface area contributed by atoms with Gasteiger partial charge in [0.15, 0.2) is 0 Å². The van der Waals surface area contributed by atoms with E-state index in [9.17, 15) is 4.79 Å². The second-order valence-corrected chi connectivity index (χ2v) is 10.4. The Bertz CT molecular complexity index is 1260. The number of nitrogens with one attached hydrogen (secondary N) is 1. The number of rotatable bonds is 5. The zero-order chi connectivity index (χ0) is 22.8. The predicted octanol–water partition coefficient (Wildman–Crippen LogP) is 7.38. The number of halogens is 1. The van der Waals surface area contributed by atoms with E-state index in [2.05, 4.69) is 60.4 Å². The molecule has 1 saturated heterocycles. The average molecular weight is 475 g/mol. The minimum absolute atomic E-state index is 0.0958. The van der Waals surface area contributed by atoms with E-state index in [0.29, 0.717) is 16.6 Å². The van der Waals surface area contributed by atoms with Crippen molar-refractivity contribution in [1.82, 2.24) is 9.88 Å². The van der Waals surface area contributed by atoms with Crippen LogP contribution < -0.4 is 0 Å². The number of carbonyl (C=O) groups excluding carboxylic acids is 1. The van der Waals surface area contributed by atoms with Gasteiger partial charge >= 0.3 is 0 Å². The van der Waals surface area contributed by atoms with Gasteiger partial charge in [-0.05, 0) is 73.6 Å². The van der Waals surface area contributed by atoms with Crippen LogP contribution in [0.1, 0.15) is 34.5 Å². The zero-order valence-electron chi connectivity index (χ0n) is 18.7. The molecule has 0 aliphatic carbocycles. The van der Waals surface area contributed by atoms with Crippen LogP contribution in [-0.2, 0) is 6.42 Å². The molecular formula is C28H27ClN2OS. The molecule has 3 nitrogen and oxygen atoms in total. The number of likely N-dealkylation sites (tertiary alicyclic amines) is 1. The number of piperidine rings is 1. The van der Waals surface area contributed by atoms with Crippen molar-refractivity contribution in [1.29, 1.82) is 0 Å². The summed E-state index contributed by atoms with van der Waals surface area (Å²) in [5, 5.41) is 1.80. The molecule has 0 radical (unpaired) electrons. The Morgan fingerprint density at radius 2 is 1.76 bits per heavy atom. The summed E-state index contributed by atoms with van der Waals surface area (Å²) in [6.45, 7) is 3.68. The Morgan fingerprint density at radius 3 is 2.48 bits per heavy atom. The van der Waals surface area contributed by atoms with E-state index in [1.807, 2.05) is 29.2 Å². The number of aryl methyl sites for hydroxylation is 1. The molecule has 168 valence electrons. The summed E-state index contributed by atoms with van der Waals surface area (Å²) in [5.41, 5.74) is 4.26. The Balaban J connectivity index is 1.37. The fourth-order valence-electron chi connectivity index (χ4n) is 4.61. The summed E-state index contributed by atoms with van der Waals surface area (Å²) >= 11 is 7.70. The number of benzene rings is 3. The van der Waals surface area contributed by atoms with Crippen molar-refractivity contribution in [3.63, 3.8) is 0 Å². The topological polar surface area (TPSA) is 36.1 Å². The van der Waals surface area contributed by atoms with Crippen molar-refractivity contribution in [3.8, 4) is 0 Å². The van der Waals surface area contributed by atoms with Gasteiger partial charge in [-0.3, -0.25) is 4.79 Å². The van der Waals surface area contributed by atoms with Gasteiger partial charge in [0.2, 0.25) is 0 Å². The van der Waals surface area contributed by atoms with Gasteiger partial charge in [-0.2, -0.15) is 0 Å². The van der Waals surface area contributed by atoms with E-state index < -0.39 is 0 Å². The van der Waals surface area contributed by atoms with Gasteiger partial charge in [0.1, 0.15) is 5.69 Å². The van der Waals surface area contributed by atoms with Gasteiger partial charge in [0.25, 0.3) is 5.91 Å². The van der Waals surface area contributed by atoms with Crippen LogP contribution in [0.4, 0.5) is 0 Å². The highest BCUT2D eigenvalue weighted by Crippen LogP contribution is 2.38. The van der Waals surface area contributed by atoms with Crippen molar-refractivity contribution >= 4 is 40.2 Å². The Hall–Kier alpha value is -2.69. The summed E-state index contributed by atoms with van der Waals surface area (Å²) in [6, 6.07) is 24.8. The zero-order valence-corrected chi connectivity index (χ0v) is 20.3. The van der Waals surface area contributed by atoms with Crippen LogP contribution >= 0.6 is 23.4 Å². The van der Waals surface area contributed by atoms with Gasteiger partial charge in [0, 0.05) is 33.9 Å². The highest BCUT2D eigenvalue weighted by atomic mass is 35.5. The molecular weight excluding hydrogens is 448 g/mol. The first kappa shape index (κ1) is 22.1. The molecule has 3 aromatic carbocycles. The SMILES string of the molecule is Cc1ccc2c(Sc3ccc(Cl)cc3)c(C(=O)N3CCC(Cc4ccccc4)CC3)[nH]c2c1. The monoisotopic (exact) mass is 474 g/mol. The van der Waals surface area contributed by atoms with Gasteiger partial charge in [-0.25, -0.2) is 0 Å². The van der Waals surface area contributed by atoms with Crippen LogP contribution in [0, 0.1) is 12.8 Å². The lowest BCUT2D eigenvalue weighted by molar-refractivity contribution is 0.0682. The fraction of sp³-hybridized carbons (Fsp3) is 0.250. The number of aromatic amines is 1. The molecule has 0 saturated carbocycles. The molecule has 33 heavy (non-hydrogen) atoms. The molecule has 4 aromatic rings. The molecule has 2 heterocycles. The van der Waals surface area contributed by atoms with Gasteiger partial charge in [-0.1, -0.05) is 65.8 Å². The first-order chi connectivity index (χ1) is 16.1. The second kappa shape index (κ2) is 9.66. The molecule has 5 heteroatoms. The normalized spacial score (nSPS) is 14.7. The van der Waals surface area contributed by atoms with Crippen LogP contribution in [0.25, 0.3) is 10.9 Å². The quantitative estimate of drug-likeness (QED) is 0.327. The Morgan fingerprint density at radius 1 is 1.03 bits per heavy atom. The fourth-order valence-corrected chi connectivity index (χ4v) is 5.77. The molecule has 0 unspecified atom stereocenters. The standard InChI is InChI=1S/C28H27ClN2OS/c1-19-7-12-24-25(17-19)30-26(27(24)33-23-10-8-22(29)9-11-23)28(32)31-15-13-21(14-16-31)18-20-5-3-2-4-6-20/h2-12,17,21,30H,13-16,18H2,1H3. The number of carbonyl (C=O) groups is 1. The third kappa shape index (κ3) is 4.97. The lowest BCUT2D eigenvalue weighted by Gasteiger charge is -2.32. The van der Waals surface area contributed by atoms with Gasteiger partial charge in [0.05, 0.1) is 4.90 Å². The van der Waals surface area contributed by atoms with Crippen molar-refractivity contribution < 1.29 is 4.79 Å². The van der Waals surface area contributed by atoms with Crippen LogP contribution in [0.5, 0.6) is 0 Å². The molecule has 1 fully saturated rings. The first-order valence-electron chi connectivity index (χ1n) is 11.5. The van der Waals surface area contributed by atoms with Crippen molar-refractivity contribution in [2.75, 3.05) is 13.1 Å². The highest BCUT2D eigenvalue weighted by molar-refractivity contribution is 7.99. The summed E-state index contributed by atoms with van der Waals surface area (Å²) < 4.78 is 0. The van der Waals surface area contributed by atoms with Crippen LogP contribution in [0.2, 0.25) is 5.02 Å². The molecule has 5 rings (SSSR count). The summed E-state index contributed by atoms with van der Waals surface area (Å²) in [6.07, 6.45) is 3.17. The largest absolute Gasteiger partial charge is 0.350 e. The minimum atomic E-state index is 0.0958. The van der Waals surface area contributed by atoms with E-state index in [4.69, 9.17) is 11.6 Å². The average Bonchev–Trinajstić information content (AvgIpc) is 3.18. The highest BCUT2D eigenvalue weighted by Gasteiger charge is 2.27. The molecule has 0 atom stereocenters. The van der Waals surface area contributed by atoms with Crippen molar-refractivity contribution in [2.24, 2.45) is 5.92 Å². The van der Waals surface area contributed by atoms with Crippen molar-refractivity contribution in [3.05, 3.63) is 94.6 Å². The number of H-pyrrole nitrogens is 1. The molecule has 1 N–H and O–H groups in total. The first-order valence-corrected chi connectivity index (χ1v) is 12.7. The van der Waals surface area contributed by atoms with Gasteiger partial charge < -0.3 is 9.88 Å². The Labute approximate surface area is 204 Å². The summed E-state index contributed by atoms with van der Waals surface area (Å²) in [4.78, 5) is 21.2. The van der Waals surface area contributed by atoms with E-state index in [1.54, 1.807) is 11.8 Å². The molecule has 0 spiro atoms. The van der Waals surface area contributed by atoms with Crippen LogP contribution in [0.3, 0.4) is 0 Å². The maximum absolute atomic E-state index is 13.6. The lowest BCUT2D eigenvalue weighted by Crippen LogP contribution is -2.39. The van der Waals surface area contributed by atoms with Gasteiger partial charge in [-0.15, -0.1) is 0 Å². The number of hydrogen-bond donors (Lipinski definition) is 1. The molecule has 1 aliphatic heterocycles. The second-order valence-electron chi connectivity index (χ2n) is 8.86. The third-order valence-electron chi connectivity index (χ3n) is 6.42. The van der Waals surface area contributed by atoms with E-state index in [0.717, 1.165) is 53.0 Å². The molecule has 0 bridgehead atoms. The molecule has 1 aromatic heterocycles. The van der Waals surface area contributed by atoms with E-state index >= 15 is 0 Å². The predicted molar refractivity (Wildman–Crippen MR) is 137 cm³/mol. The van der Waals surface area contributed by atoms with Crippen molar-refractivity contribution in [2.45, 2.75) is 36.0 Å². The van der Waals surface area contributed by atoms with Crippen LogP contribution in [-0.4, -0.2) is 28.9 Å². The Kier molecular flexibility index (Phi) is 6.48. The summed E-state index contributed by atoms with van der Waals surface area (Å²) in [7, 11) is 0. The maximum Gasteiger partial charge on any atom is 0.271 e. The third-order valence-corrected chi connectivity index (χ3v) is 7.81. The number of aromatic nitrogens is 1. The molecule has 1 amide bonds. The van der Waals surface area contributed by atoms with Crippen LogP contribution in [0.15, 0.2) is 82.6 Å².